The van der Waals surface area contributed by atoms with E-state index in [9.17, 15) is 9.59 Å². The van der Waals surface area contributed by atoms with Crippen molar-refractivity contribution in [1.29, 1.82) is 0 Å². The van der Waals surface area contributed by atoms with Crippen molar-refractivity contribution in [2.45, 2.75) is 39.3 Å². The number of ether oxygens (including phenoxy) is 2. The summed E-state index contributed by atoms with van der Waals surface area (Å²) in [6.07, 6.45) is 2.06. The third-order valence-corrected chi connectivity index (χ3v) is 5.66. The predicted octanol–water partition coefficient (Wildman–Crippen LogP) is 4.93. The topological polar surface area (TPSA) is 55.8 Å². The van der Waals surface area contributed by atoms with Gasteiger partial charge >= 0.3 is 0 Å². The summed E-state index contributed by atoms with van der Waals surface area (Å²) >= 11 is 0. The highest BCUT2D eigenvalue weighted by molar-refractivity contribution is 6.16. The van der Waals surface area contributed by atoms with Crippen molar-refractivity contribution < 1.29 is 19.1 Å². The van der Waals surface area contributed by atoms with Crippen LogP contribution in [0.15, 0.2) is 48.5 Å². The van der Waals surface area contributed by atoms with Crippen molar-refractivity contribution in [3.05, 3.63) is 65.2 Å². The monoisotopic (exact) mass is 403 g/mol. The van der Waals surface area contributed by atoms with Gasteiger partial charge < -0.3 is 19.2 Å². The number of rotatable bonds is 7. The van der Waals surface area contributed by atoms with Gasteiger partial charge in [-0.3, -0.25) is 4.79 Å². The van der Waals surface area contributed by atoms with E-state index in [1.807, 2.05) is 55.5 Å². The van der Waals surface area contributed by atoms with E-state index in [4.69, 9.17) is 9.47 Å². The molecule has 1 amide bonds. The van der Waals surface area contributed by atoms with Crippen molar-refractivity contribution in [2.75, 3.05) is 12.0 Å². The highest BCUT2D eigenvalue weighted by Crippen LogP contribution is 2.46. The number of fused-ring (bicyclic) bond motifs is 2. The summed E-state index contributed by atoms with van der Waals surface area (Å²) in [4.78, 5) is 26.0. The fraction of sp³-hybridized carbons (Fsp3) is 0.280. The Morgan fingerprint density at radius 3 is 2.33 bits per heavy atom. The molecule has 0 aliphatic carbocycles. The second-order valence-electron chi connectivity index (χ2n) is 7.53. The van der Waals surface area contributed by atoms with E-state index in [1.54, 1.807) is 12.0 Å². The van der Waals surface area contributed by atoms with E-state index >= 15 is 0 Å². The second kappa shape index (κ2) is 8.19. The van der Waals surface area contributed by atoms with Crippen molar-refractivity contribution in [3.8, 4) is 11.5 Å². The van der Waals surface area contributed by atoms with E-state index < -0.39 is 0 Å². The average molecular weight is 403 g/mol. The molecule has 0 saturated heterocycles. The third kappa shape index (κ3) is 3.30. The number of carbonyl (C=O) groups excluding carboxylic acids is 2. The van der Waals surface area contributed by atoms with Crippen LogP contribution in [0.3, 0.4) is 0 Å². The van der Waals surface area contributed by atoms with E-state index in [1.165, 1.54) is 0 Å². The molecule has 30 heavy (non-hydrogen) atoms. The minimum absolute atomic E-state index is 0.0182. The number of aldehydes is 1. The molecule has 0 fully saturated rings. The minimum Gasteiger partial charge on any atom is -0.496 e. The number of amides is 1. The lowest BCUT2D eigenvalue weighted by Crippen LogP contribution is -2.23. The van der Waals surface area contributed by atoms with Crippen LogP contribution in [-0.4, -0.2) is 25.4 Å². The minimum atomic E-state index is -0.101. The van der Waals surface area contributed by atoms with Gasteiger partial charge in [0.05, 0.1) is 25.3 Å². The molecule has 1 heterocycles. The van der Waals surface area contributed by atoms with Crippen LogP contribution < -0.4 is 14.4 Å². The van der Waals surface area contributed by atoms with Crippen LogP contribution >= 0.6 is 0 Å². The Morgan fingerprint density at radius 2 is 1.73 bits per heavy atom. The van der Waals surface area contributed by atoms with Crippen LogP contribution in [0, 0.1) is 0 Å². The lowest BCUT2D eigenvalue weighted by Gasteiger charge is -2.19. The Balaban J connectivity index is 1.86. The van der Waals surface area contributed by atoms with E-state index in [0.717, 1.165) is 40.3 Å². The molecule has 3 aromatic rings. The number of hydrogen-bond acceptors (Lipinski definition) is 4. The van der Waals surface area contributed by atoms with E-state index in [-0.39, 0.29) is 12.0 Å². The first kappa shape index (κ1) is 20.0. The maximum absolute atomic E-state index is 13.5. The van der Waals surface area contributed by atoms with Gasteiger partial charge in [0.15, 0.2) is 0 Å². The second-order valence-corrected chi connectivity index (χ2v) is 7.53. The van der Waals surface area contributed by atoms with Gasteiger partial charge in [-0.05, 0) is 31.0 Å². The predicted molar refractivity (Wildman–Crippen MR) is 118 cm³/mol. The first-order valence-electron chi connectivity index (χ1n) is 10.2. The molecule has 0 bridgehead atoms. The summed E-state index contributed by atoms with van der Waals surface area (Å²) in [5, 5.41) is 1.82. The van der Waals surface area contributed by atoms with Crippen LogP contribution in [0.1, 0.15) is 41.8 Å². The Kier molecular flexibility index (Phi) is 5.44. The maximum atomic E-state index is 13.5. The van der Waals surface area contributed by atoms with Crippen molar-refractivity contribution in [2.24, 2.45) is 0 Å². The van der Waals surface area contributed by atoms with Crippen LogP contribution in [0.25, 0.3) is 10.8 Å². The number of hydrogen-bond donors (Lipinski definition) is 0. The van der Waals surface area contributed by atoms with E-state index in [2.05, 4.69) is 6.92 Å². The average Bonchev–Trinajstić information content (AvgIpc) is 3.11. The van der Waals surface area contributed by atoms with Crippen molar-refractivity contribution in [3.63, 3.8) is 0 Å². The van der Waals surface area contributed by atoms with Gasteiger partial charge in [-0.1, -0.05) is 43.3 Å². The molecule has 1 aliphatic heterocycles. The molecule has 3 aromatic carbocycles. The first-order chi connectivity index (χ1) is 14.6. The quantitative estimate of drug-likeness (QED) is 0.525. The zero-order chi connectivity index (χ0) is 21.3. The number of methoxy groups -OCH3 is 1. The summed E-state index contributed by atoms with van der Waals surface area (Å²) < 4.78 is 12.0. The highest BCUT2D eigenvalue weighted by Gasteiger charge is 2.36. The molecule has 0 N–H and O–H groups in total. The summed E-state index contributed by atoms with van der Waals surface area (Å²) in [6.45, 7) is 4.48. The van der Waals surface area contributed by atoms with Gasteiger partial charge in [-0.25, -0.2) is 0 Å². The fourth-order valence-corrected chi connectivity index (χ4v) is 3.93. The normalized spacial score (nSPS) is 14.0. The van der Waals surface area contributed by atoms with Crippen LogP contribution in [-0.2, 0) is 17.8 Å². The standard InChI is InChI=1S/C25H25NO4/c1-4-16(2)30-24-20-8-6-5-7-19(20)23(29-3)21-15-26(25(28)22(21)24)18-11-9-17(10-12-18)13-14-27/h5-12,14,16H,4,13,15H2,1-3H3. The van der Waals surface area contributed by atoms with Gasteiger partial charge in [0.1, 0.15) is 17.8 Å². The van der Waals surface area contributed by atoms with Gasteiger partial charge in [0.25, 0.3) is 5.91 Å². The molecule has 1 atom stereocenters. The van der Waals surface area contributed by atoms with Crippen LogP contribution in [0.2, 0.25) is 0 Å². The molecule has 5 heteroatoms. The molecular weight excluding hydrogens is 378 g/mol. The largest absolute Gasteiger partial charge is 0.496 e. The van der Waals surface area contributed by atoms with Gasteiger partial charge in [0, 0.05) is 28.4 Å². The summed E-state index contributed by atoms with van der Waals surface area (Å²) in [5.74, 6) is 1.24. The van der Waals surface area contributed by atoms with Crippen LogP contribution in [0.4, 0.5) is 5.69 Å². The Morgan fingerprint density at radius 1 is 1.07 bits per heavy atom. The molecule has 0 spiro atoms. The van der Waals surface area contributed by atoms with Crippen molar-refractivity contribution in [1.82, 2.24) is 0 Å². The molecule has 154 valence electrons. The molecule has 1 aliphatic rings. The molecule has 0 saturated carbocycles. The lowest BCUT2D eigenvalue weighted by molar-refractivity contribution is -0.107. The van der Waals surface area contributed by atoms with E-state index in [0.29, 0.717) is 30.0 Å². The third-order valence-electron chi connectivity index (χ3n) is 5.66. The van der Waals surface area contributed by atoms with Crippen molar-refractivity contribution >= 4 is 28.7 Å². The van der Waals surface area contributed by atoms with Gasteiger partial charge in [0.2, 0.25) is 0 Å². The number of carbonyl (C=O) groups is 2. The number of anilines is 1. The van der Waals surface area contributed by atoms with Gasteiger partial charge in [-0.15, -0.1) is 0 Å². The number of nitrogens with zero attached hydrogens (tertiary/aromatic N) is 1. The Hall–Kier alpha value is -3.34. The molecule has 0 aromatic heterocycles. The smallest absolute Gasteiger partial charge is 0.262 e. The molecule has 4 rings (SSSR count). The zero-order valence-corrected chi connectivity index (χ0v) is 17.5. The maximum Gasteiger partial charge on any atom is 0.262 e. The molecular formula is C25H25NO4. The van der Waals surface area contributed by atoms with Crippen LogP contribution in [0.5, 0.6) is 11.5 Å². The SMILES string of the molecule is CCC(C)Oc1c2c(c(OC)c3ccccc13)CN(c1ccc(CC=O)cc1)C2=O. The fourth-order valence-electron chi connectivity index (χ4n) is 3.93. The summed E-state index contributed by atoms with van der Waals surface area (Å²) in [7, 11) is 1.64. The zero-order valence-electron chi connectivity index (χ0n) is 17.5. The molecule has 1 unspecified atom stereocenters. The summed E-state index contributed by atoms with van der Waals surface area (Å²) in [6, 6.07) is 15.4. The van der Waals surface area contributed by atoms with Gasteiger partial charge in [-0.2, -0.15) is 0 Å². The highest BCUT2D eigenvalue weighted by atomic mass is 16.5. The Bertz CT molecular complexity index is 1100. The summed E-state index contributed by atoms with van der Waals surface area (Å²) in [5.41, 5.74) is 3.12. The molecule has 0 radical (unpaired) electrons. The first-order valence-corrected chi connectivity index (χ1v) is 10.2. The molecule has 5 nitrogen and oxygen atoms in total. The Labute approximate surface area is 176 Å². The number of benzene rings is 3. The lowest BCUT2D eigenvalue weighted by atomic mass is 9.99.